The third-order valence-corrected chi connectivity index (χ3v) is 6.01. The molecule has 1 aromatic rings. The van der Waals surface area contributed by atoms with Crippen molar-refractivity contribution < 1.29 is 23.1 Å². The van der Waals surface area contributed by atoms with Crippen molar-refractivity contribution in [3.05, 3.63) is 29.3 Å². The van der Waals surface area contributed by atoms with Crippen LogP contribution in [-0.2, 0) is 32.5 Å². The first kappa shape index (κ1) is 21.1. The highest BCUT2D eigenvalue weighted by Crippen LogP contribution is 2.22. The van der Waals surface area contributed by atoms with E-state index >= 15 is 0 Å². The molecule has 25 heavy (non-hydrogen) atoms. The van der Waals surface area contributed by atoms with E-state index in [4.69, 9.17) is 0 Å². The van der Waals surface area contributed by atoms with Crippen molar-refractivity contribution >= 4 is 21.9 Å². The molecule has 0 aliphatic heterocycles. The summed E-state index contributed by atoms with van der Waals surface area (Å²) in [5, 5.41) is 11.8. The van der Waals surface area contributed by atoms with Gasteiger partial charge in [-0.2, -0.15) is 4.31 Å². The fourth-order valence-corrected chi connectivity index (χ4v) is 4.20. The molecule has 0 aromatic heterocycles. The fourth-order valence-electron chi connectivity index (χ4n) is 2.56. The monoisotopic (exact) mass is 370 g/mol. The molecule has 0 spiro atoms. The number of nitrogens with one attached hydrogen (secondary N) is 1. The molecule has 1 aromatic carbocycles. The van der Waals surface area contributed by atoms with Crippen LogP contribution in [0.3, 0.4) is 0 Å². The molecule has 0 radical (unpaired) electrons. The third-order valence-electron chi connectivity index (χ3n) is 4.04. The molecule has 0 fully saturated rings. The van der Waals surface area contributed by atoms with Crippen LogP contribution in [-0.4, -0.2) is 48.8 Å². The van der Waals surface area contributed by atoms with Crippen molar-refractivity contribution in [1.29, 1.82) is 0 Å². The summed E-state index contributed by atoms with van der Waals surface area (Å²) in [7, 11) is -4.00. The van der Waals surface area contributed by atoms with Gasteiger partial charge in [-0.15, -0.1) is 0 Å². The van der Waals surface area contributed by atoms with Gasteiger partial charge in [0, 0.05) is 20.0 Å². The maximum atomic E-state index is 13.0. The van der Waals surface area contributed by atoms with Gasteiger partial charge in [-0.1, -0.05) is 19.9 Å². The van der Waals surface area contributed by atoms with Crippen molar-refractivity contribution in [3.8, 4) is 0 Å². The van der Waals surface area contributed by atoms with E-state index in [0.29, 0.717) is 6.42 Å². The molecule has 0 heterocycles. The first-order valence-corrected chi connectivity index (χ1v) is 9.70. The van der Waals surface area contributed by atoms with E-state index in [1.54, 1.807) is 12.1 Å². The molecule has 1 rings (SSSR count). The zero-order valence-corrected chi connectivity index (χ0v) is 15.9. The number of carboxylic acid groups (broad SMARTS) is 1. The van der Waals surface area contributed by atoms with Crippen LogP contribution >= 0.6 is 0 Å². The highest BCUT2D eigenvalue weighted by molar-refractivity contribution is 7.89. The maximum Gasteiger partial charge on any atom is 0.321 e. The Kier molecular flexibility index (Phi) is 7.57. The summed E-state index contributed by atoms with van der Waals surface area (Å²) in [4.78, 5) is 22.4. The number of benzene rings is 1. The van der Waals surface area contributed by atoms with Crippen LogP contribution in [0.15, 0.2) is 23.1 Å². The van der Waals surface area contributed by atoms with Crippen molar-refractivity contribution in [2.24, 2.45) is 0 Å². The predicted molar refractivity (Wildman–Crippen MR) is 94.9 cm³/mol. The van der Waals surface area contributed by atoms with Crippen LogP contribution < -0.4 is 5.32 Å². The van der Waals surface area contributed by atoms with Crippen LogP contribution in [0.2, 0.25) is 0 Å². The Labute approximate surface area is 149 Å². The van der Waals surface area contributed by atoms with E-state index in [-0.39, 0.29) is 23.9 Å². The normalized spacial score (nSPS) is 12.8. The van der Waals surface area contributed by atoms with E-state index in [9.17, 15) is 23.1 Å². The Hall–Kier alpha value is -1.93. The number of nitrogens with zero attached hydrogens (tertiary/aromatic N) is 1. The van der Waals surface area contributed by atoms with Gasteiger partial charge in [-0.05, 0) is 43.0 Å². The fraction of sp³-hybridized carbons (Fsp3) is 0.529. The summed E-state index contributed by atoms with van der Waals surface area (Å²) < 4.78 is 26.9. The number of carboxylic acids is 1. The molecule has 1 amide bonds. The summed E-state index contributed by atoms with van der Waals surface area (Å²) in [5.41, 5.74) is 1.99. The average molecular weight is 370 g/mol. The lowest BCUT2D eigenvalue weighted by Crippen LogP contribution is -2.46. The molecular weight excluding hydrogens is 344 g/mol. The molecule has 2 N–H and O–H groups in total. The summed E-state index contributed by atoms with van der Waals surface area (Å²) in [6, 6.07) is 3.64. The minimum absolute atomic E-state index is 0.0415. The van der Waals surface area contributed by atoms with E-state index < -0.39 is 22.0 Å². The van der Waals surface area contributed by atoms with E-state index in [1.165, 1.54) is 19.9 Å². The topological polar surface area (TPSA) is 104 Å². The van der Waals surface area contributed by atoms with Crippen LogP contribution in [0, 0.1) is 0 Å². The number of aliphatic carboxylic acids is 1. The molecule has 0 aliphatic rings. The van der Waals surface area contributed by atoms with Crippen LogP contribution in [0.1, 0.15) is 38.8 Å². The lowest BCUT2D eigenvalue weighted by Gasteiger charge is -2.26. The Bertz CT molecular complexity index is 731. The van der Waals surface area contributed by atoms with Crippen molar-refractivity contribution in [2.75, 3.05) is 13.1 Å². The number of amides is 1. The first-order valence-electron chi connectivity index (χ1n) is 8.26. The number of carbonyl (C=O) groups is 2. The number of sulfonamides is 1. The molecule has 0 aliphatic carbocycles. The largest absolute Gasteiger partial charge is 0.480 e. The number of hydrogen-bond acceptors (Lipinski definition) is 4. The minimum atomic E-state index is -4.00. The lowest BCUT2D eigenvalue weighted by molar-refractivity contribution is -0.140. The van der Waals surface area contributed by atoms with Gasteiger partial charge in [0.25, 0.3) is 0 Å². The standard InChI is InChI=1S/C17H26N2O5S/c1-5-14-7-8-16(11-15(14)6-2)25(23,24)19(12(3)17(21)22)10-9-18-13(4)20/h7-8,11-12H,5-6,9-10H2,1-4H3,(H,18,20)(H,21,22). The van der Waals surface area contributed by atoms with E-state index in [0.717, 1.165) is 21.9 Å². The van der Waals surface area contributed by atoms with Crippen molar-refractivity contribution in [1.82, 2.24) is 9.62 Å². The number of rotatable bonds is 9. The Morgan fingerprint density at radius 3 is 2.28 bits per heavy atom. The van der Waals surface area contributed by atoms with Crippen LogP contribution in [0.25, 0.3) is 0 Å². The highest BCUT2D eigenvalue weighted by Gasteiger charge is 2.33. The zero-order valence-electron chi connectivity index (χ0n) is 15.1. The second-order valence-electron chi connectivity index (χ2n) is 5.75. The predicted octanol–water partition coefficient (Wildman–Crippen LogP) is 1.41. The maximum absolute atomic E-state index is 13.0. The second-order valence-corrected chi connectivity index (χ2v) is 7.64. The molecule has 1 unspecified atom stereocenters. The molecule has 0 saturated heterocycles. The molecule has 7 nitrogen and oxygen atoms in total. The van der Waals surface area contributed by atoms with Crippen molar-refractivity contribution in [2.45, 2.75) is 51.5 Å². The lowest BCUT2D eigenvalue weighted by atomic mass is 10.0. The first-order chi connectivity index (χ1) is 11.6. The third kappa shape index (κ3) is 5.27. The molecule has 0 bridgehead atoms. The number of aryl methyl sites for hydroxylation is 2. The Morgan fingerprint density at radius 2 is 1.80 bits per heavy atom. The smallest absolute Gasteiger partial charge is 0.321 e. The summed E-state index contributed by atoms with van der Waals surface area (Å²) in [5.74, 6) is -1.55. The van der Waals surface area contributed by atoms with Gasteiger partial charge < -0.3 is 10.4 Å². The van der Waals surface area contributed by atoms with Gasteiger partial charge >= 0.3 is 5.97 Å². The quantitative estimate of drug-likeness (QED) is 0.684. The minimum Gasteiger partial charge on any atom is -0.480 e. The molecule has 140 valence electrons. The SMILES string of the molecule is CCc1ccc(S(=O)(=O)N(CCNC(C)=O)C(C)C(=O)O)cc1CC. The highest BCUT2D eigenvalue weighted by atomic mass is 32.2. The Balaban J connectivity index is 3.25. The number of hydrogen-bond donors (Lipinski definition) is 2. The average Bonchev–Trinajstić information content (AvgIpc) is 2.56. The van der Waals surface area contributed by atoms with Gasteiger partial charge in [0.2, 0.25) is 15.9 Å². The van der Waals surface area contributed by atoms with Gasteiger partial charge in [0.1, 0.15) is 6.04 Å². The summed E-state index contributed by atoms with van der Waals surface area (Å²) in [6.07, 6.45) is 1.48. The molecule has 0 saturated carbocycles. The van der Waals surface area contributed by atoms with Crippen molar-refractivity contribution in [3.63, 3.8) is 0 Å². The van der Waals surface area contributed by atoms with Gasteiger partial charge in [-0.25, -0.2) is 8.42 Å². The second kappa shape index (κ2) is 8.96. The van der Waals surface area contributed by atoms with Crippen LogP contribution in [0.5, 0.6) is 0 Å². The molecular formula is C17H26N2O5S. The molecule has 8 heteroatoms. The van der Waals surface area contributed by atoms with E-state index in [2.05, 4.69) is 5.32 Å². The van der Waals surface area contributed by atoms with Gasteiger partial charge in [0.05, 0.1) is 4.90 Å². The van der Waals surface area contributed by atoms with E-state index in [1.807, 2.05) is 13.8 Å². The summed E-state index contributed by atoms with van der Waals surface area (Å²) >= 11 is 0. The molecule has 1 atom stereocenters. The number of carbonyl (C=O) groups excluding carboxylic acids is 1. The van der Waals surface area contributed by atoms with Gasteiger partial charge in [0.15, 0.2) is 0 Å². The summed E-state index contributed by atoms with van der Waals surface area (Å²) in [6.45, 7) is 6.49. The Morgan fingerprint density at radius 1 is 1.20 bits per heavy atom. The van der Waals surface area contributed by atoms with Gasteiger partial charge in [-0.3, -0.25) is 9.59 Å². The van der Waals surface area contributed by atoms with Crippen LogP contribution in [0.4, 0.5) is 0 Å². The zero-order chi connectivity index (χ0) is 19.2.